The van der Waals surface area contributed by atoms with E-state index in [0.717, 1.165) is 55.4 Å². The molecular weight excluding hydrogens is 382 g/mol. The van der Waals surface area contributed by atoms with Crippen LogP contribution in [0.25, 0.3) is 0 Å². The number of rotatable bonds is 6. The van der Waals surface area contributed by atoms with Crippen LogP contribution in [0.15, 0.2) is 30.3 Å². The number of thiophene rings is 1. The van der Waals surface area contributed by atoms with Gasteiger partial charge in [0.05, 0.1) is 10.6 Å². The van der Waals surface area contributed by atoms with Crippen LogP contribution in [0.1, 0.15) is 41.4 Å². The molecule has 29 heavy (non-hydrogen) atoms. The fourth-order valence-electron chi connectivity index (χ4n) is 3.59. The highest BCUT2D eigenvalue weighted by atomic mass is 32.1. The Kier molecular flexibility index (Phi) is 7.44. The molecule has 156 valence electrons. The minimum Gasteiger partial charge on any atom is -0.396 e. The number of aliphatic hydroxyl groups is 2. The standard InChI is InChI=1S/C23H31N3O2S/c1-18-5-4-6-19(24-18)15-26-13-12-25(16-20(26)10-14-27)17-22-8-7-21(29-22)9-11-23(2,3)28/h4-8,20,27-28H,10,12-17H2,1-3H3/t20-/m0/s1. The fourth-order valence-corrected chi connectivity index (χ4v) is 4.50. The second-order valence-corrected chi connectivity index (χ2v) is 9.39. The van der Waals surface area contributed by atoms with Crippen molar-refractivity contribution in [2.75, 3.05) is 26.2 Å². The van der Waals surface area contributed by atoms with Gasteiger partial charge in [-0.2, -0.15) is 0 Å². The molecule has 1 fully saturated rings. The molecule has 6 heteroatoms. The Morgan fingerprint density at radius 3 is 2.76 bits per heavy atom. The van der Waals surface area contributed by atoms with E-state index >= 15 is 0 Å². The monoisotopic (exact) mass is 413 g/mol. The summed E-state index contributed by atoms with van der Waals surface area (Å²) in [4.78, 5) is 11.8. The second kappa shape index (κ2) is 9.84. The number of aryl methyl sites for hydroxylation is 1. The third-order valence-electron chi connectivity index (χ3n) is 4.99. The van der Waals surface area contributed by atoms with Crippen molar-refractivity contribution >= 4 is 11.3 Å². The Morgan fingerprint density at radius 2 is 2.03 bits per heavy atom. The van der Waals surface area contributed by atoms with Gasteiger partial charge in [-0.05, 0) is 51.5 Å². The smallest absolute Gasteiger partial charge is 0.120 e. The lowest BCUT2D eigenvalue weighted by molar-refractivity contribution is 0.0496. The molecule has 0 unspecified atom stereocenters. The number of pyridine rings is 1. The van der Waals surface area contributed by atoms with Gasteiger partial charge in [-0.25, -0.2) is 0 Å². The predicted octanol–water partition coefficient (Wildman–Crippen LogP) is 2.64. The molecule has 1 aliphatic rings. The zero-order valence-electron chi connectivity index (χ0n) is 17.6. The number of hydrogen-bond donors (Lipinski definition) is 2. The third kappa shape index (κ3) is 6.91. The van der Waals surface area contributed by atoms with E-state index in [1.165, 1.54) is 4.88 Å². The maximum atomic E-state index is 9.77. The van der Waals surface area contributed by atoms with Gasteiger partial charge < -0.3 is 10.2 Å². The summed E-state index contributed by atoms with van der Waals surface area (Å²) in [6.07, 6.45) is 0.773. The molecule has 2 aromatic heterocycles. The molecule has 1 atom stereocenters. The first-order chi connectivity index (χ1) is 13.8. The van der Waals surface area contributed by atoms with Crippen LogP contribution >= 0.6 is 11.3 Å². The molecular formula is C23H31N3O2S. The number of hydrogen-bond acceptors (Lipinski definition) is 6. The summed E-state index contributed by atoms with van der Waals surface area (Å²) in [6, 6.07) is 10.6. The Bertz CT molecular complexity index is 863. The van der Waals surface area contributed by atoms with Gasteiger partial charge in [-0.3, -0.25) is 14.8 Å². The highest BCUT2D eigenvalue weighted by molar-refractivity contribution is 7.12. The van der Waals surface area contributed by atoms with Crippen LogP contribution in [0.2, 0.25) is 0 Å². The lowest BCUT2D eigenvalue weighted by Crippen LogP contribution is -2.52. The first-order valence-corrected chi connectivity index (χ1v) is 11.0. The minimum atomic E-state index is -0.968. The number of aromatic nitrogens is 1. The SMILES string of the molecule is Cc1cccc(CN2CCN(Cc3ccc(C#CC(C)(C)O)s3)C[C@@H]2CCO)n1. The van der Waals surface area contributed by atoms with Gasteiger partial charge >= 0.3 is 0 Å². The molecule has 0 saturated carbocycles. The van der Waals surface area contributed by atoms with Gasteiger partial charge in [-0.1, -0.05) is 17.9 Å². The van der Waals surface area contributed by atoms with Crippen LogP contribution in [0.5, 0.6) is 0 Å². The van der Waals surface area contributed by atoms with E-state index in [2.05, 4.69) is 44.8 Å². The van der Waals surface area contributed by atoms with Crippen molar-refractivity contribution < 1.29 is 10.2 Å². The minimum absolute atomic E-state index is 0.200. The van der Waals surface area contributed by atoms with Crippen molar-refractivity contribution in [2.45, 2.75) is 51.9 Å². The Hall–Kier alpha value is -1.75. The van der Waals surface area contributed by atoms with Crippen LogP contribution in [0, 0.1) is 18.8 Å². The fraction of sp³-hybridized carbons (Fsp3) is 0.522. The van der Waals surface area contributed by atoms with Gasteiger partial charge in [0, 0.05) is 55.9 Å². The molecule has 3 rings (SSSR count). The van der Waals surface area contributed by atoms with E-state index in [9.17, 15) is 10.2 Å². The summed E-state index contributed by atoms with van der Waals surface area (Å²) >= 11 is 1.69. The van der Waals surface area contributed by atoms with Crippen molar-refractivity contribution in [1.29, 1.82) is 0 Å². The Balaban J connectivity index is 1.60. The van der Waals surface area contributed by atoms with Crippen molar-refractivity contribution in [3.05, 3.63) is 51.5 Å². The lowest BCUT2D eigenvalue weighted by atomic mass is 10.1. The molecule has 5 nitrogen and oxygen atoms in total. The van der Waals surface area contributed by atoms with Crippen LogP contribution in [0.4, 0.5) is 0 Å². The molecule has 0 radical (unpaired) electrons. The maximum Gasteiger partial charge on any atom is 0.120 e. The molecule has 2 aromatic rings. The third-order valence-corrected chi connectivity index (χ3v) is 5.98. The van der Waals surface area contributed by atoms with Gasteiger partial charge in [0.15, 0.2) is 0 Å². The van der Waals surface area contributed by atoms with Crippen LogP contribution in [-0.4, -0.2) is 62.9 Å². The zero-order chi connectivity index (χ0) is 20.9. The maximum absolute atomic E-state index is 9.77. The second-order valence-electron chi connectivity index (χ2n) is 8.22. The topological polar surface area (TPSA) is 59.8 Å². The van der Waals surface area contributed by atoms with Crippen molar-refractivity contribution in [2.24, 2.45) is 0 Å². The summed E-state index contributed by atoms with van der Waals surface area (Å²) in [5.74, 6) is 5.94. The van der Waals surface area contributed by atoms with E-state index in [4.69, 9.17) is 0 Å². The first-order valence-electron chi connectivity index (χ1n) is 10.2. The van der Waals surface area contributed by atoms with Gasteiger partial charge in [0.25, 0.3) is 0 Å². The van der Waals surface area contributed by atoms with Gasteiger partial charge in [0.1, 0.15) is 5.60 Å². The summed E-state index contributed by atoms with van der Waals surface area (Å²) < 4.78 is 0. The molecule has 0 bridgehead atoms. The van der Waals surface area contributed by atoms with Crippen molar-refractivity contribution in [3.8, 4) is 11.8 Å². The Morgan fingerprint density at radius 1 is 1.21 bits per heavy atom. The summed E-state index contributed by atoms with van der Waals surface area (Å²) in [5, 5.41) is 19.3. The van der Waals surface area contributed by atoms with Crippen LogP contribution < -0.4 is 0 Å². The normalized spacial score (nSPS) is 18.4. The highest BCUT2D eigenvalue weighted by Crippen LogP contribution is 2.22. The lowest BCUT2D eigenvalue weighted by Gasteiger charge is -2.41. The van der Waals surface area contributed by atoms with E-state index in [0.29, 0.717) is 6.04 Å². The highest BCUT2D eigenvalue weighted by Gasteiger charge is 2.27. The molecule has 2 N–H and O–H groups in total. The number of nitrogens with zero attached hydrogens (tertiary/aromatic N) is 3. The average Bonchev–Trinajstić information content (AvgIpc) is 3.09. The van der Waals surface area contributed by atoms with Crippen LogP contribution in [0.3, 0.4) is 0 Å². The average molecular weight is 414 g/mol. The summed E-state index contributed by atoms with van der Waals surface area (Å²) in [5.41, 5.74) is 1.17. The van der Waals surface area contributed by atoms with E-state index < -0.39 is 5.60 Å². The molecule has 1 saturated heterocycles. The zero-order valence-corrected chi connectivity index (χ0v) is 18.4. The molecule has 0 aliphatic carbocycles. The van der Waals surface area contributed by atoms with Crippen molar-refractivity contribution in [1.82, 2.24) is 14.8 Å². The molecule has 3 heterocycles. The number of aliphatic hydroxyl groups excluding tert-OH is 1. The summed E-state index contributed by atoms with van der Waals surface area (Å²) in [6.45, 7) is 10.2. The van der Waals surface area contributed by atoms with E-state index in [1.54, 1.807) is 25.2 Å². The molecule has 0 aromatic carbocycles. The Labute approximate surface area is 178 Å². The predicted molar refractivity (Wildman–Crippen MR) is 118 cm³/mol. The van der Waals surface area contributed by atoms with Gasteiger partial charge in [-0.15, -0.1) is 11.3 Å². The first kappa shape index (κ1) is 21.9. The summed E-state index contributed by atoms with van der Waals surface area (Å²) in [7, 11) is 0. The van der Waals surface area contributed by atoms with E-state index in [-0.39, 0.29) is 6.61 Å². The van der Waals surface area contributed by atoms with Gasteiger partial charge in [0.2, 0.25) is 0 Å². The molecule has 0 amide bonds. The molecule has 1 aliphatic heterocycles. The number of piperazine rings is 1. The quantitative estimate of drug-likeness (QED) is 0.713. The largest absolute Gasteiger partial charge is 0.396 e. The van der Waals surface area contributed by atoms with E-state index in [1.807, 2.05) is 19.1 Å². The van der Waals surface area contributed by atoms with Crippen LogP contribution in [-0.2, 0) is 13.1 Å². The van der Waals surface area contributed by atoms with Crippen molar-refractivity contribution in [3.63, 3.8) is 0 Å². The molecule has 0 spiro atoms.